The highest BCUT2D eigenvalue weighted by atomic mass is 35.5. The van der Waals surface area contributed by atoms with Gasteiger partial charge in [-0.25, -0.2) is 0 Å². The maximum atomic E-state index is 12.4. The average molecular weight is 306 g/mol. The van der Waals surface area contributed by atoms with E-state index in [-0.39, 0.29) is 5.91 Å². The van der Waals surface area contributed by atoms with Crippen LogP contribution in [-0.4, -0.2) is 23.2 Å². The highest BCUT2D eigenvalue weighted by molar-refractivity contribution is 6.31. The van der Waals surface area contributed by atoms with Crippen LogP contribution in [-0.2, 0) is 12.8 Å². The number of ether oxygens (including phenoxy) is 1. The highest BCUT2D eigenvalue weighted by Crippen LogP contribution is 2.29. The van der Waals surface area contributed by atoms with E-state index in [4.69, 9.17) is 16.3 Å². The number of aromatic nitrogens is 2. The fourth-order valence-electron chi connectivity index (χ4n) is 2.63. The van der Waals surface area contributed by atoms with Crippen molar-refractivity contribution in [2.75, 3.05) is 12.4 Å². The first-order valence-corrected chi connectivity index (χ1v) is 7.28. The first-order valence-electron chi connectivity index (χ1n) is 6.90. The van der Waals surface area contributed by atoms with Gasteiger partial charge >= 0.3 is 0 Å². The van der Waals surface area contributed by atoms with E-state index in [0.29, 0.717) is 22.2 Å². The Labute approximate surface area is 127 Å². The Morgan fingerprint density at radius 1 is 1.38 bits per heavy atom. The number of nitrogens with zero attached hydrogens (tertiary/aromatic N) is 1. The number of anilines is 1. The summed E-state index contributed by atoms with van der Waals surface area (Å²) in [5, 5.41) is 10.5. The van der Waals surface area contributed by atoms with Crippen LogP contribution in [0.5, 0.6) is 5.75 Å². The fourth-order valence-corrected chi connectivity index (χ4v) is 2.80. The number of carbonyl (C=O) groups is 1. The fraction of sp³-hybridized carbons (Fsp3) is 0.333. The SMILES string of the molecule is COc1ccc(Cl)cc1NC(=O)c1n[nH]c2c1CCCC2. The number of fused-ring (bicyclic) bond motifs is 1. The van der Waals surface area contributed by atoms with Crippen molar-refractivity contribution in [2.45, 2.75) is 25.7 Å². The second-order valence-corrected chi connectivity index (χ2v) is 5.47. The minimum Gasteiger partial charge on any atom is -0.495 e. The van der Waals surface area contributed by atoms with Crippen LogP contribution in [0, 0.1) is 0 Å². The number of methoxy groups -OCH3 is 1. The maximum absolute atomic E-state index is 12.4. The zero-order chi connectivity index (χ0) is 14.8. The third-order valence-electron chi connectivity index (χ3n) is 3.68. The van der Waals surface area contributed by atoms with Crippen molar-refractivity contribution in [3.63, 3.8) is 0 Å². The van der Waals surface area contributed by atoms with Gasteiger partial charge in [-0.05, 0) is 43.9 Å². The molecule has 0 unspecified atom stereocenters. The molecule has 6 heteroatoms. The van der Waals surface area contributed by atoms with E-state index >= 15 is 0 Å². The van der Waals surface area contributed by atoms with Crippen LogP contribution in [0.4, 0.5) is 5.69 Å². The summed E-state index contributed by atoms with van der Waals surface area (Å²) in [7, 11) is 1.55. The summed E-state index contributed by atoms with van der Waals surface area (Å²) in [5.74, 6) is 0.326. The second kappa shape index (κ2) is 5.77. The number of rotatable bonds is 3. The third-order valence-corrected chi connectivity index (χ3v) is 3.92. The number of aromatic amines is 1. The summed E-state index contributed by atoms with van der Waals surface area (Å²) in [5.41, 5.74) is 3.11. The van der Waals surface area contributed by atoms with Crippen molar-refractivity contribution in [1.82, 2.24) is 10.2 Å². The van der Waals surface area contributed by atoms with Gasteiger partial charge in [0.25, 0.3) is 5.91 Å². The predicted octanol–water partition coefficient (Wildman–Crippen LogP) is 3.20. The van der Waals surface area contributed by atoms with Gasteiger partial charge in [0.1, 0.15) is 5.75 Å². The molecule has 1 aromatic carbocycles. The van der Waals surface area contributed by atoms with Gasteiger partial charge in [-0.15, -0.1) is 0 Å². The molecule has 1 aromatic heterocycles. The molecule has 2 N–H and O–H groups in total. The molecule has 2 aromatic rings. The molecule has 110 valence electrons. The molecule has 0 saturated heterocycles. The van der Waals surface area contributed by atoms with E-state index in [2.05, 4.69) is 15.5 Å². The summed E-state index contributed by atoms with van der Waals surface area (Å²) in [6, 6.07) is 5.10. The van der Waals surface area contributed by atoms with Gasteiger partial charge < -0.3 is 10.1 Å². The molecular weight excluding hydrogens is 290 g/mol. The first kappa shape index (κ1) is 13.9. The van der Waals surface area contributed by atoms with Crippen LogP contribution in [0.25, 0.3) is 0 Å². The summed E-state index contributed by atoms with van der Waals surface area (Å²) in [6.45, 7) is 0. The average Bonchev–Trinajstić information content (AvgIpc) is 2.91. The van der Waals surface area contributed by atoms with Crippen LogP contribution in [0.15, 0.2) is 18.2 Å². The Bertz CT molecular complexity index is 682. The standard InChI is InChI=1S/C15H16ClN3O2/c1-21-13-7-6-9(16)8-12(13)17-15(20)14-10-4-2-3-5-11(10)18-19-14/h6-8H,2-5H2,1H3,(H,17,20)(H,18,19). The van der Waals surface area contributed by atoms with Gasteiger partial charge in [-0.2, -0.15) is 5.10 Å². The summed E-state index contributed by atoms with van der Waals surface area (Å²) < 4.78 is 5.23. The predicted molar refractivity (Wildman–Crippen MR) is 81.2 cm³/mol. The Morgan fingerprint density at radius 2 is 2.19 bits per heavy atom. The molecule has 1 heterocycles. The molecule has 0 aliphatic heterocycles. The van der Waals surface area contributed by atoms with E-state index in [9.17, 15) is 4.79 Å². The first-order chi connectivity index (χ1) is 10.2. The Hall–Kier alpha value is -2.01. The molecule has 0 saturated carbocycles. The molecule has 5 nitrogen and oxygen atoms in total. The molecular formula is C15H16ClN3O2. The van der Waals surface area contributed by atoms with Crippen molar-refractivity contribution < 1.29 is 9.53 Å². The molecule has 1 aliphatic carbocycles. The third kappa shape index (κ3) is 2.74. The van der Waals surface area contributed by atoms with Crippen LogP contribution < -0.4 is 10.1 Å². The van der Waals surface area contributed by atoms with Crippen molar-refractivity contribution >= 4 is 23.2 Å². The Morgan fingerprint density at radius 3 is 3.00 bits per heavy atom. The molecule has 0 spiro atoms. The van der Waals surface area contributed by atoms with Gasteiger partial charge in [0.2, 0.25) is 0 Å². The molecule has 0 radical (unpaired) electrons. The Balaban J connectivity index is 1.87. The summed E-state index contributed by atoms with van der Waals surface area (Å²) >= 11 is 5.97. The van der Waals surface area contributed by atoms with Gasteiger partial charge in [0.15, 0.2) is 5.69 Å². The van der Waals surface area contributed by atoms with Gasteiger partial charge in [0, 0.05) is 16.3 Å². The van der Waals surface area contributed by atoms with Crippen molar-refractivity contribution in [2.24, 2.45) is 0 Å². The normalized spacial score (nSPS) is 13.6. The lowest BCUT2D eigenvalue weighted by Crippen LogP contribution is -2.16. The van der Waals surface area contributed by atoms with Crippen LogP contribution in [0.1, 0.15) is 34.6 Å². The number of nitrogens with one attached hydrogen (secondary N) is 2. The molecule has 0 fully saturated rings. The van der Waals surface area contributed by atoms with E-state index in [0.717, 1.165) is 36.9 Å². The van der Waals surface area contributed by atoms with Gasteiger partial charge in [-0.1, -0.05) is 11.6 Å². The minimum atomic E-state index is -0.241. The van der Waals surface area contributed by atoms with Crippen molar-refractivity contribution in [1.29, 1.82) is 0 Å². The van der Waals surface area contributed by atoms with Crippen LogP contribution in [0.3, 0.4) is 0 Å². The van der Waals surface area contributed by atoms with E-state index in [1.807, 2.05) is 0 Å². The zero-order valence-electron chi connectivity index (χ0n) is 11.7. The lowest BCUT2D eigenvalue weighted by Gasteiger charge is -2.12. The lowest BCUT2D eigenvalue weighted by atomic mass is 9.96. The lowest BCUT2D eigenvalue weighted by molar-refractivity contribution is 0.102. The van der Waals surface area contributed by atoms with E-state index in [1.54, 1.807) is 25.3 Å². The number of hydrogen-bond acceptors (Lipinski definition) is 3. The van der Waals surface area contributed by atoms with Crippen LogP contribution >= 0.6 is 11.6 Å². The van der Waals surface area contributed by atoms with Crippen molar-refractivity contribution in [3.05, 3.63) is 40.2 Å². The molecule has 21 heavy (non-hydrogen) atoms. The molecule has 0 bridgehead atoms. The number of amides is 1. The molecule has 3 rings (SSSR count). The molecule has 1 amide bonds. The smallest absolute Gasteiger partial charge is 0.276 e. The topological polar surface area (TPSA) is 67.0 Å². The van der Waals surface area contributed by atoms with Crippen molar-refractivity contribution in [3.8, 4) is 5.75 Å². The maximum Gasteiger partial charge on any atom is 0.276 e. The second-order valence-electron chi connectivity index (χ2n) is 5.04. The van der Waals surface area contributed by atoms with E-state index in [1.165, 1.54) is 0 Å². The van der Waals surface area contributed by atoms with E-state index < -0.39 is 0 Å². The molecule has 1 aliphatic rings. The number of halogens is 1. The number of hydrogen-bond donors (Lipinski definition) is 2. The number of H-pyrrole nitrogens is 1. The van der Waals surface area contributed by atoms with Crippen LogP contribution in [0.2, 0.25) is 5.02 Å². The number of aryl methyl sites for hydroxylation is 1. The Kier molecular flexibility index (Phi) is 3.84. The monoisotopic (exact) mass is 305 g/mol. The zero-order valence-corrected chi connectivity index (χ0v) is 12.5. The quantitative estimate of drug-likeness (QED) is 0.915. The van der Waals surface area contributed by atoms with Gasteiger partial charge in [0.05, 0.1) is 12.8 Å². The highest BCUT2D eigenvalue weighted by Gasteiger charge is 2.22. The minimum absolute atomic E-state index is 0.241. The van der Waals surface area contributed by atoms with Gasteiger partial charge in [-0.3, -0.25) is 9.89 Å². The summed E-state index contributed by atoms with van der Waals surface area (Å²) in [4.78, 5) is 12.4. The number of carbonyl (C=O) groups excluding carboxylic acids is 1. The largest absolute Gasteiger partial charge is 0.495 e. The molecule has 0 atom stereocenters. The summed E-state index contributed by atoms with van der Waals surface area (Å²) in [6.07, 6.45) is 4.07. The number of benzene rings is 1.